The second-order valence-corrected chi connectivity index (χ2v) is 5.77. The van der Waals surface area contributed by atoms with Crippen LogP contribution in [0.2, 0.25) is 0 Å². The molecule has 8 nitrogen and oxygen atoms in total. The molecule has 0 amide bonds. The van der Waals surface area contributed by atoms with Gasteiger partial charge in [0.05, 0.1) is 6.54 Å². The van der Waals surface area contributed by atoms with Crippen LogP contribution in [0.1, 0.15) is 38.1 Å². The highest BCUT2D eigenvalue weighted by molar-refractivity contribution is 14.0. The van der Waals surface area contributed by atoms with Crippen molar-refractivity contribution in [1.29, 1.82) is 0 Å². The standard InChI is InChI=1S/C16H26N6O2.HI/c1-5-17-15(18-9-14-21-20-11-22(14)6-2)19-10-16(4,23)13-8-7-12(3)24-13;/h7-8,11,23H,5-6,9-10H2,1-4H3,(H2,17,18,19);1H. The smallest absolute Gasteiger partial charge is 0.191 e. The van der Waals surface area contributed by atoms with Crippen molar-refractivity contribution < 1.29 is 9.52 Å². The third-order valence-electron chi connectivity index (χ3n) is 3.63. The van der Waals surface area contributed by atoms with E-state index in [2.05, 4.69) is 25.8 Å². The van der Waals surface area contributed by atoms with Gasteiger partial charge in [-0.3, -0.25) is 0 Å². The van der Waals surface area contributed by atoms with Gasteiger partial charge >= 0.3 is 0 Å². The minimum absolute atomic E-state index is 0. The van der Waals surface area contributed by atoms with Crippen molar-refractivity contribution in [2.45, 2.75) is 46.4 Å². The highest BCUT2D eigenvalue weighted by Gasteiger charge is 2.27. The number of aliphatic hydroxyl groups is 1. The summed E-state index contributed by atoms with van der Waals surface area (Å²) in [6, 6.07) is 3.62. The predicted molar refractivity (Wildman–Crippen MR) is 107 cm³/mol. The van der Waals surface area contributed by atoms with Gasteiger partial charge in [-0.1, -0.05) is 0 Å². The fourth-order valence-electron chi connectivity index (χ4n) is 2.22. The van der Waals surface area contributed by atoms with Crippen LogP contribution in [-0.2, 0) is 18.7 Å². The van der Waals surface area contributed by atoms with E-state index in [4.69, 9.17) is 4.42 Å². The lowest BCUT2D eigenvalue weighted by atomic mass is 10.0. The number of hydrogen-bond donors (Lipinski definition) is 3. The number of rotatable bonds is 7. The molecule has 0 aliphatic carbocycles. The van der Waals surface area contributed by atoms with Gasteiger partial charge in [-0.25, -0.2) is 4.99 Å². The third-order valence-corrected chi connectivity index (χ3v) is 3.63. The van der Waals surface area contributed by atoms with E-state index in [9.17, 15) is 5.11 Å². The summed E-state index contributed by atoms with van der Waals surface area (Å²) in [6.07, 6.45) is 1.69. The summed E-state index contributed by atoms with van der Waals surface area (Å²) in [5.74, 6) is 2.69. The zero-order valence-electron chi connectivity index (χ0n) is 15.1. The van der Waals surface area contributed by atoms with Gasteiger partial charge in [0.15, 0.2) is 11.8 Å². The summed E-state index contributed by atoms with van der Waals surface area (Å²) in [6.45, 7) is 9.76. The number of aryl methyl sites for hydroxylation is 2. The van der Waals surface area contributed by atoms with Gasteiger partial charge in [0.2, 0.25) is 0 Å². The first kappa shape index (κ1) is 21.4. The maximum absolute atomic E-state index is 10.6. The average Bonchev–Trinajstić information content (AvgIpc) is 3.18. The summed E-state index contributed by atoms with van der Waals surface area (Å²) >= 11 is 0. The fraction of sp³-hybridized carbons (Fsp3) is 0.562. The second kappa shape index (κ2) is 9.76. The predicted octanol–water partition coefficient (Wildman–Crippen LogP) is 1.78. The molecule has 2 heterocycles. The monoisotopic (exact) mass is 462 g/mol. The van der Waals surface area contributed by atoms with Crippen LogP contribution in [0.15, 0.2) is 27.9 Å². The number of aromatic nitrogens is 3. The van der Waals surface area contributed by atoms with Crippen molar-refractivity contribution in [3.05, 3.63) is 35.8 Å². The number of nitrogens with zero attached hydrogens (tertiary/aromatic N) is 4. The van der Waals surface area contributed by atoms with E-state index >= 15 is 0 Å². The molecule has 0 aliphatic rings. The van der Waals surface area contributed by atoms with E-state index in [0.29, 0.717) is 24.8 Å². The van der Waals surface area contributed by atoms with Crippen LogP contribution >= 0.6 is 24.0 Å². The summed E-state index contributed by atoms with van der Waals surface area (Å²) in [5.41, 5.74) is -1.13. The number of guanidine groups is 1. The van der Waals surface area contributed by atoms with Crippen molar-refractivity contribution in [2.75, 3.05) is 13.1 Å². The van der Waals surface area contributed by atoms with E-state index < -0.39 is 5.60 Å². The van der Waals surface area contributed by atoms with Crippen molar-refractivity contribution in [3.63, 3.8) is 0 Å². The van der Waals surface area contributed by atoms with Crippen LogP contribution in [0.4, 0.5) is 0 Å². The Morgan fingerprint density at radius 3 is 2.72 bits per heavy atom. The Morgan fingerprint density at radius 1 is 1.36 bits per heavy atom. The Hall–Kier alpha value is -1.62. The number of halogens is 1. The molecule has 0 aromatic carbocycles. The van der Waals surface area contributed by atoms with Crippen LogP contribution in [0, 0.1) is 6.92 Å². The fourth-order valence-corrected chi connectivity index (χ4v) is 2.22. The summed E-state index contributed by atoms with van der Waals surface area (Å²) in [7, 11) is 0. The molecule has 0 saturated carbocycles. The van der Waals surface area contributed by atoms with E-state index in [-0.39, 0.29) is 30.5 Å². The van der Waals surface area contributed by atoms with Gasteiger partial charge in [-0.05, 0) is 39.8 Å². The molecule has 0 aliphatic heterocycles. The molecule has 1 unspecified atom stereocenters. The molecule has 0 bridgehead atoms. The van der Waals surface area contributed by atoms with Crippen molar-refractivity contribution in [3.8, 4) is 0 Å². The third kappa shape index (κ3) is 5.99. The van der Waals surface area contributed by atoms with E-state index in [0.717, 1.165) is 18.1 Å². The Labute approximate surface area is 165 Å². The number of furan rings is 1. The molecule has 2 aromatic rings. The van der Waals surface area contributed by atoms with Crippen LogP contribution in [0.5, 0.6) is 0 Å². The maximum Gasteiger partial charge on any atom is 0.191 e. The minimum Gasteiger partial charge on any atom is -0.463 e. The average molecular weight is 462 g/mol. The highest BCUT2D eigenvalue weighted by atomic mass is 127. The van der Waals surface area contributed by atoms with Crippen LogP contribution < -0.4 is 10.6 Å². The summed E-state index contributed by atoms with van der Waals surface area (Å²) < 4.78 is 7.46. The molecule has 25 heavy (non-hydrogen) atoms. The lowest BCUT2D eigenvalue weighted by Gasteiger charge is -2.22. The van der Waals surface area contributed by atoms with Crippen molar-refractivity contribution in [1.82, 2.24) is 25.4 Å². The molecule has 0 radical (unpaired) electrons. The Morgan fingerprint density at radius 2 is 2.12 bits per heavy atom. The van der Waals surface area contributed by atoms with Gasteiger partial charge in [0, 0.05) is 13.1 Å². The molecule has 2 aromatic heterocycles. The Bertz CT molecular complexity index is 680. The first-order valence-corrected chi connectivity index (χ1v) is 8.14. The molecule has 2 rings (SSSR count). The van der Waals surface area contributed by atoms with Gasteiger partial charge in [0.25, 0.3) is 0 Å². The normalized spacial score (nSPS) is 13.9. The summed E-state index contributed by atoms with van der Waals surface area (Å²) in [5, 5.41) is 24.8. The number of nitrogens with one attached hydrogen (secondary N) is 2. The van der Waals surface area contributed by atoms with Gasteiger partial charge < -0.3 is 24.7 Å². The maximum atomic E-state index is 10.6. The molecule has 9 heteroatoms. The Balaban J connectivity index is 0.00000312. The molecule has 0 spiro atoms. The van der Waals surface area contributed by atoms with Crippen LogP contribution in [-0.4, -0.2) is 38.9 Å². The zero-order chi connectivity index (χ0) is 17.6. The van der Waals surface area contributed by atoms with Crippen LogP contribution in [0.3, 0.4) is 0 Å². The molecule has 1 atom stereocenters. The molecule has 0 fully saturated rings. The highest BCUT2D eigenvalue weighted by Crippen LogP contribution is 2.21. The van der Waals surface area contributed by atoms with E-state index in [1.54, 1.807) is 19.3 Å². The SMILES string of the molecule is CCNC(=NCc1nncn1CC)NCC(C)(O)c1ccc(C)o1.I. The number of hydrogen-bond acceptors (Lipinski definition) is 5. The van der Waals surface area contributed by atoms with Crippen molar-refractivity contribution >= 4 is 29.9 Å². The zero-order valence-corrected chi connectivity index (χ0v) is 17.4. The lowest BCUT2D eigenvalue weighted by Crippen LogP contribution is -2.44. The Kier molecular flexibility index (Phi) is 8.36. The first-order chi connectivity index (χ1) is 11.5. The van der Waals surface area contributed by atoms with Gasteiger partial charge in [-0.15, -0.1) is 34.2 Å². The van der Waals surface area contributed by atoms with E-state index in [1.165, 1.54) is 0 Å². The second-order valence-electron chi connectivity index (χ2n) is 5.77. The van der Waals surface area contributed by atoms with E-state index in [1.807, 2.05) is 31.4 Å². The van der Waals surface area contributed by atoms with Gasteiger partial charge in [-0.2, -0.15) is 0 Å². The number of aliphatic imine (C=N–C) groups is 1. The minimum atomic E-state index is -1.13. The molecule has 140 valence electrons. The molecular weight excluding hydrogens is 435 g/mol. The lowest BCUT2D eigenvalue weighted by molar-refractivity contribution is 0.0378. The molecule has 0 saturated heterocycles. The van der Waals surface area contributed by atoms with Gasteiger partial charge in [0.1, 0.15) is 30.0 Å². The largest absolute Gasteiger partial charge is 0.463 e. The van der Waals surface area contributed by atoms with Crippen molar-refractivity contribution in [2.24, 2.45) is 4.99 Å². The topological polar surface area (TPSA) is 100 Å². The van der Waals surface area contributed by atoms with Crippen LogP contribution in [0.25, 0.3) is 0 Å². The summed E-state index contributed by atoms with van der Waals surface area (Å²) in [4.78, 5) is 4.50. The molecular formula is C16H27IN6O2. The quantitative estimate of drug-likeness (QED) is 0.330. The molecule has 3 N–H and O–H groups in total. The first-order valence-electron chi connectivity index (χ1n) is 8.14.